The van der Waals surface area contributed by atoms with Gasteiger partial charge in [0.25, 0.3) is 0 Å². The number of benzene rings is 2. The molecule has 0 aliphatic carbocycles. The number of hydrogen-bond donors (Lipinski definition) is 3. The minimum atomic E-state index is -0.871. The first kappa shape index (κ1) is 32.7. The minimum Gasteiger partial charge on any atom is -0.497 e. The molecule has 2 aliphatic rings. The van der Waals surface area contributed by atoms with Crippen LogP contribution in [0, 0.1) is 11.8 Å². The van der Waals surface area contributed by atoms with Gasteiger partial charge >= 0.3 is 5.97 Å². The van der Waals surface area contributed by atoms with E-state index < -0.39 is 36.0 Å². The number of amides is 3. The van der Waals surface area contributed by atoms with E-state index in [1.54, 1.807) is 25.3 Å². The summed E-state index contributed by atoms with van der Waals surface area (Å²) in [5.74, 6) is -1.18. The van der Waals surface area contributed by atoms with Gasteiger partial charge in [-0.1, -0.05) is 69.3 Å². The lowest BCUT2D eigenvalue weighted by Crippen LogP contribution is -2.49. The third-order valence-electron chi connectivity index (χ3n) is 7.87. The maximum absolute atomic E-state index is 13.4. The molecule has 0 spiro atoms. The van der Waals surface area contributed by atoms with Gasteiger partial charge in [-0.3, -0.25) is 14.4 Å². The zero-order chi connectivity index (χ0) is 31.6. The van der Waals surface area contributed by atoms with Gasteiger partial charge in [-0.2, -0.15) is 0 Å². The van der Waals surface area contributed by atoms with Crippen molar-refractivity contribution < 1.29 is 33.4 Å². The first-order valence-corrected chi connectivity index (χ1v) is 15.2. The molecule has 1 fully saturated rings. The molecule has 2 unspecified atom stereocenters. The van der Waals surface area contributed by atoms with E-state index in [0.717, 1.165) is 11.1 Å². The summed E-state index contributed by atoms with van der Waals surface area (Å²) < 4.78 is 17.3. The van der Waals surface area contributed by atoms with Crippen molar-refractivity contribution in [1.29, 1.82) is 0 Å². The molecule has 0 saturated carbocycles. The Balaban J connectivity index is 1.54. The first-order chi connectivity index (χ1) is 21.1. The Morgan fingerprint density at radius 2 is 1.66 bits per heavy atom. The number of carbonyl (C=O) groups is 4. The maximum Gasteiger partial charge on any atom is 0.328 e. The summed E-state index contributed by atoms with van der Waals surface area (Å²) in [6, 6.07) is 15.4. The highest BCUT2D eigenvalue weighted by Gasteiger charge is 2.47. The summed E-state index contributed by atoms with van der Waals surface area (Å²) in [6.07, 6.45) is 2.98. The summed E-state index contributed by atoms with van der Waals surface area (Å²) in [5, 5.41) is 8.33. The van der Waals surface area contributed by atoms with Gasteiger partial charge in [-0.25, -0.2) is 4.79 Å². The summed E-state index contributed by atoms with van der Waals surface area (Å²) in [7, 11) is 1.57. The maximum atomic E-state index is 13.4. The summed E-state index contributed by atoms with van der Waals surface area (Å²) >= 11 is 0. The van der Waals surface area contributed by atoms with Crippen molar-refractivity contribution in [3.8, 4) is 5.75 Å². The molecule has 3 amide bonds. The molecule has 6 atom stereocenters. The van der Waals surface area contributed by atoms with E-state index in [-0.39, 0.29) is 55.8 Å². The molecular formula is C34H43N3O7. The fraction of sp³-hybridized carbons (Fsp3) is 0.471. The van der Waals surface area contributed by atoms with Crippen LogP contribution < -0.4 is 20.7 Å². The molecule has 2 aromatic carbocycles. The van der Waals surface area contributed by atoms with Crippen molar-refractivity contribution in [3.05, 3.63) is 77.9 Å². The van der Waals surface area contributed by atoms with Crippen LogP contribution in [0.15, 0.2) is 66.7 Å². The van der Waals surface area contributed by atoms with E-state index in [1.165, 1.54) is 6.08 Å². The molecule has 0 bridgehead atoms. The van der Waals surface area contributed by atoms with Crippen LogP contribution >= 0.6 is 0 Å². The molecule has 1 saturated heterocycles. The molecule has 10 nitrogen and oxygen atoms in total. The molecule has 0 aromatic heterocycles. The van der Waals surface area contributed by atoms with Gasteiger partial charge in [0.1, 0.15) is 30.0 Å². The van der Waals surface area contributed by atoms with E-state index in [1.807, 2.05) is 63.2 Å². The van der Waals surface area contributed by atoms with Gasteiger partial charge in [-0.15, -0.1) is 0 Å². The SMILES string of the molecule is COc1ccc(C[C@H]2NC(=O)/C=C/C[C@@H]([C@H](C)C3OC3c3ccccc3)OC(=O)[C@H](CC(C)C)NC(=O)CCNC2=O)cc1. The largest absolute Gasteiger partial charge is 0.497 e. The van der Waals surface area contributed by atoms with Crippen molar-refractivity contribution in [3.63, 3.8) is 0 Å². The monoisotopic (exact) mass is 605 g/mol. The number of esters is 1. The molecule has 4 rings (SSSR count). The molecular weight excluding hydrogens is 562 g/mol. The van der Waals surface area contributed by atoms with Gasteiger partial charge in [0.2, 0.25) is 17.7 Å². The second-order valence-electron chi connectivity index (χ2n) is 11.8. The molecule has 2 aliphatic heterocycles. The van der Waals surface area contributed by atoms with Crippen LogP contribution in [-0.4, -0.2) is 61.6 Å². The van der Waals surface area contributed by atoms with E-state index in [2.05, 4.69) is 16.0 Å². The van der Waals surface area contributed by atoms with Crippen LogP contribution in [0.2, 0.25) is 0 Å². The molecule has 0 radical (unpaired) electrons. The number of cyclic esters (lactones) is 1. The lowest BCUT2D eigenvalue weighted by Gasteiger charge is -2.26. The van der Waals surface area contributed by atoms with Crippen LogP contribution in [0.3, 0.4) is 0 Å². The third kappa shape index (κ3) is 9.41. The van der Waals surface area contributed by atoms with Crippen LogP contribution in [0.1, 0.15) is 57.3 Å². The smallest absolute Gasteiger partial charge is 0.328 e. The molecule has 236 valence electrons. The van der Waals surface area contributed by atoms with Crippen molar-refractivity contribution in [1.82, 2.24) is 16.0 Å². The van der Waals surface area contributed by atoms with Gasteiger partial charge in [0.15, 0.2) is 0 Å². The second kappa shape index (κ2) is 15.5. The zero-order valence-corrected chi connectivity index (χ0v) is 25.8. The quantitative estimate of drug-likeness (QED) is 0.310. The summed E-state index contributed by atoms with van der Waals surface area (Å²) in [4.78, 5) is 52.4. The van der Waals surface area contributed by atoms with Crippen molar-refractivity contribution in [2.45, 2.75) is 76.9 Å². The fourth-order valence-electron chi connectivity index (χ4n) is 5.36. The van der Waals surface area contributed by atoms with E-state index >= 15 is 0 Å². The Labute approximate surface area is 258 Å². The van der Waals surface area contributed by atoms with Gasteiger partial charge in [0.05, 0.1) is 13.2 Å². The van der Waals surface area contributed by atoms with Crippen molar-refractivity contribution in [2.75, 3.05) is 13.7 Å². The molecule has 2 aromatic rings. The van der Waals surface area contributed by atoms with Crippen LogP contribution in [0.25, 0.3) is 0 Å². The minimum absolute atomic E-state index is 0.0365. The van der Waals surface area contributed by atoms with Gasteiger partial charge < -0.3 is 30.2 Å². The Bertz CT molecular complexity index is 1310. The lowest BCUT2D eigenvalue weighted by molar-refractivity contribution is -0.156. The molecule has 44 heavy (non-hydrogen) atoms. The second-order valence-corrected chi connectivity index (χ2v) is 11.8. The van der Waals surface area contributed by atoms with Crippen LogP contribution in [-0.2, 0) is 35.1 Å². The number of hydrogen-bond acceptors (Lipinski definition) is 7. The van der Waals surface area contributed by atoms with Crippen molar-refractivity contribution >= 4 is 23.7 Å². The number of methoxy groups -OCH3 is 1. The highest BCUT2D eigenvalue weighted by Crippen LogP contribution is 2.45. The Kier molecular flexibility index (Phi) is 11.5. The highest BCUT2D eigenvalue weighted by atomic mass is 16.6. The summed E-state index contributed by atoms with van der Waals surface area (Å²) in [6.45, 7) is 5.93. The predicted octanol–water partition coefficient (Wildman–Crippen LogP) is 3.41. The standard InChI is InChI=1S/C34H43N3O7/c1-21(2)19-27-34(41)43-28(22(3)31-32(44-31)24-9-6-5-7-10-24)11-8-12-29(38)36-26(33(40)35-18-17-30(39)37-27)20-23-13-15-25(42-4)16-14-23/h5-10,12-16,21-22,26-28,31-32H,11,17-20H2,1-4H3,(H,35,40)(H,36,38)(H,37,39)/b12-8+/t22-,26+,27-,28-,31?,32?/m0/s1. The summed E-state index contributed by atoms with van der Waals surface area (Å²) in [5.41, 5.74) is 1.88. The van der Waals surface area contributed by atoms with Crippen molar-refractivity contribution in [2.24, 2.45) is 11.8 Å². The third-order valence-corrected chi connectivity index (χ3v) is 7.87. The normalized spacial score (nSPS) is 26.5. The van der Waals surface area contributed by atoms with Gasteiger partial charge in [0, 0.05) is 31.7 Å². The average molecular weight is 606 g/mol. The first-order valence-electron chi connectivity index (χ1n) is 15.2. The number of epoxide rings is 1. The zero-order valence-electron chi connectivity index (χ0n) is 25.8. The van der Waals surface area contributed by atoms with Crippen LogP contribution in [0.5, 0.6) is 5.75 Å². The lowest BCUT2D eigenvalue weighted by atomic mass is 9.93. The Morgan fingerprint density at radius 3 is 2.34 bits per heavy atom. The van der Waals surface area contributed by atoms with E-state index in [4.69, 9.17) is 14.2 Å². The molecule has 3 N–H and O–H groups in total. The highest BCUT2D eigenvalue weighted by molar-refractivity contribution is 5.93. The average Bonchev–Trinajstić information content (AvgIpc) is 3.81. The fourth-order valence-corrected chi connectivity index (χ4v) is 5.36. The van der Waals surface area contributed by atoms with E-state index in [9.17, 15) is 19.2 Å². The molecule has 10 heteroatoms. The Hall–Kier alpha value is -4.18. The number of rotatable bonds is 8. The number of ether oxygens (including phenoxy) is 3. The Morgan fingerprint density at radius 1 is 0.932 bits per heavy atom. The topological polar surface area (TPSA) is 135 Å². The number of carbonyl (C=O) groups excluding carboxylic acids is 4. The number of nitrogens with one attached hydrogen (secondary N) is 3. The molecule has 2 heterocycles. The van der Waals surface area contributed by atoms with Gasteiger partial charge in [-0.05, 0) is 41.7 Å². The van der Waals surface area contributed by atoms with E-state index in [0.29, 0.717) is 12.2 Å². The predicted molar refractivity (Wildman–Crippen MR) is 164 cm³/mol. The van der Waals surface area contributed by atoms with Crippen LogP contribution in [0.4, 0.5) is 0 Å².